The first-order chi connectivity index (χ1) is 10.2. The van der Waals surface area contributed by atoms with E-state index < -0.39 is 0 Å². The summed E-state index contributed by atoms with van der Waals surface area (Å²) in [6.45, 7) is 4.46. The first-order valence-corrected chi connectivity index (χ1v) is 7.55. The fraction of sp³-hybridized carbons (Fsp3) is 0.529. The molecule has 0 aromatic heterocycles. The molecule has 21 heavy (non-hydrogen) atoms. The van der Waals surface area contributed by atoms with Gasteiger partial charge in [-0.25, -0.2) is 4.39 Å². The van der Waals surface area contributed by atoms with Crippen molar-refractivity contribution >= 4 is 6.08 Å². The van der Waals surface area contributed by atoms with Gasteiger partial charge in [-0.1, -0.05) is 24.3 Å². The van der Waals surface area contributed by atoms with Gasteiger partial charge in [-0.3, -0.25) is 4.90 Å². The van der Waals surface area contributed by atoms with E-state index in [0.717, 1.165) is 38.2 Å². The summed E-state index contributed by atoms with van der Waals surface area (Å²) in [6.07, 6.45) is 5.17. The molecule has 2 atom stereocenters. The lowest BCUT2D eigenvalue weighted by Gasteiger charge is -2.36. The average Bonchev–Trinajstić information content (AvgIpc) is 2.88. The number of benzene rings is 1. The van der Waals surface area contributed by atoms with Crippen LogP contribution in [0.2, 0.25) is 0 Å². The Bertz CT molecular complexity index is 502. The number of halogens is 1. The first-order valence-electron chi connectivity index (χ1n) is 7.55. The maximum Gasteiger partial charge on any atom is 0.123 e. The van der Waals surface area contributed by atoms with Crippen molar-refractivity contribution in [3.8, 4) is 0 Å². The average molecular weight is 291 g/mol. The molecule has 1 N–H and O–H groups in total. The van der Waals surface area contributed by atoms with E-state index in [2.05, 4.69) is 11.0 Å². The zero-order valence-electron chi connectivity index (χ0n) is 12.2. The highest BCUT2D eigenvalue weighted by Gasteiger charge is 2.47. The highest BCUT2D eigenvalue weighted by molar-refractivity contribution is 5.48. The minimum absolute atomic E-state index is 0.0675. The Morgan fingerprint density at radius 1 is 1.38 bits per heavy atom. The van der Waals surface area contributed by atoms with Crippen molar-refractivity contribution in [2.24, 2.45) is 11.3 Å². The summed E-state index contributed by atoms with van der Waals surface area (Å²) in [4.78, 5) is 2.37. The third-order valence-electron chi connectivity index (χ3n) is 4.74. The Morgan fingerprint density at radius 2 is 2.19 bits per heavy atom. The van der Waals surface area contributed by atoms with Crippen molar-refractivity contribution in [2.45, 2.75) is 6.42 Å². The van der Waals surface area contributed by atoms with Crippen molar-refractivity contribution in [2.75, 3.05) is 39.5 Å². The van der Waals surface area contributed by atoms with Gasteiger partial charge in [0, 0.05) is 31.7 Å². The molecule has 2 heterocycles. The van der Waals surface area contributed by atoms with Crippen LogP contribution < -0.4 is 0 Å². The number of nitrogens with zero attached hydrogens (tertiary/aromatic N) is 1. The lowest BCUT2D eigenvalue weighted by molar-refractivity contribution is -0.0559. The molecule has 2 aliphatic rings. The molecule has 0 bridgehead atoms. The number of aliphatic hydroxyl groups excluding tert-OH is 1. The van der Waals surface area contributed by atoms with E-state index in [1.807, 2.05) is 6.08 Å². The van der Waals surface area contributed by atoms with E-state index >= 15 is 0 Å². The zero-order chi connectivity index (χ0) is 14.7. The van der Waals surface area contributed by atoms with Gasteiger partial charge < -0.3 is 9.84 Å². The molecule has 0 unspecified atom stereocenters. The Labute approximate surface area is 125 Å². The first kappa shape index (κ1) is 14.7. The second-order valence-electron chi connectivity index (χ2n) is 6.21. The summed E-state index contributed by atoms with van der Waals surface area (Å²) in [5.41, 5.74) is 0.940. The Hall–Kier alpha value is -1.23. The normalized spacial score (nSPS) is 29.9. The molecule has 0 saturated carbocycles. The number of likely N-dealkylation sites (tertiary alicyclic amines) is 1. The van der Waals surface area contributed by atoms with Gasteiger partial charge in [-0.2, -0.15) is 0 Å². The maximum atomic E-state index is 12.8. The standard InChI is InChI=1S/C17H22FNO2/c18-16-5-3-14(4-6-16)2-1-8-19-10-15-7-9-21-13-17(15,11-19)12-20/h1-6,15,20H,7-13H2/t15-,17+/m0/s1. The summed E-state index contributed by atoms with van der Waals surface area (Å²) in [7, 11) is 0. The van der Waals surface area contributed by atoms with Crippen molar-refractivity contribution in [1.82, 2.24) is 4.90 Å². The van der Waals surface area contributed by atoms with Crippen LogP contribution in [0, 0.1) is 17.2 Å². The number of ether oxygens (including phenoxy) is 1. The monoisotopic (exact) mass is 291 g/mol. The summed E-state index contributed by atoms with van der Waals surface area (Å²) in [5, 5.41) is 9.74. The molecule has 2 aliphatic heterocycles. The Balaban J connectivity index is 1.58. The molecule has 0 aliphatic carbocycles. The molecule has 3 nitrogen and oxygen atoms in total. The molecule has 1 aromatic carbocycles. The summed E-state index contributed by atoms with van der Waals surface area (Å²) < 4.78 is 18.4. The van der Waals surface area contributed by atoms with E-state index in [9.17, 15) is 9.50 Å². The zero-order valence-corrected chi connectivity index (χ0v) is 12.2. The number of rotatable bonds is 4. The summed E-state index contributed by atoms with van der Waals surface area (Å²) in [6, 6.07) is 6.50. The molecule has 2 fully saturated rings. The van der Waals surface area contributed by atoms with Crippen LogP contribution in [0.3, 0.4) is 0 Å². The molecule has 114 valence electrons. The Kier molecular flexibility index (Phi) is 4.38. The minimum Gasteiger partial charge on any atom is -0.396 e. The van der Waals surface area contributed by atoms with Crippen LogP contribution in [-0.4, -0.2) is 49.5 Å². The van der Waals surface area contributed by atoms with Crippen LogP contribution in [-0.2, 0) is 4.74 Å². The fourth-order valence-corrected chi connectivity index (χ4v) is 3.48. The highest BCUT2D eigenvalue weighted by atomic mass is 19.1. The SMILES string of the molecule is OC[C@]12COCC[C@H]1CN(CC=Cc1ccc(F)cc1)C2. The van der Waals surface area contributed by atoms with Gasteiger partial charge in [0.1, 0.15) is 5.82 Å². The minimum atomic E-state index is -0.208. The number of hydrogen-bond acceptors (Lipinski definition) is 3. The van der Waals surface area contributed by atoms with E-state index in [-0.39, 0.29) is 17.8 Å². The van der Waals surface area contributed by atoms with Gasteiger partial charge in [-0.15, -0.1) is 0 Å². The van der Waals surface area contributed by atoms with E-state index in [4.69, 9.17) is 4.74 Å². The quantitative estimate of drug-likeness (QED) is 0.923. The molecule has 2 saturated heterocycles. The molecule has 0 radical (unpaired) electrons. The maximum absolute atomic E-state index is 12.8. The molecule has 0 amide bonds. The number of fused-ring (bicyclic) bond motifs is 1. The van der Waals surface area contributed by atoms with Crippen molar-refractivity contribution in [3.63, 3.8) is 0 Å². The van der Waals surface area contributed by atoms with Crippen molar-refractivity contribution < 1.29 is 14.2 Å². The molecule has 0 spiro atoms. The van der Waals surface area contributed by atoms with Crippen LogP contribution in [0.15, 0.2) is 30.3 Å². The van der Waals surface area contributed by atoms with Gasteiger partial charge in [0.05, 0.1) is 13.2 Å². The Morgan fingerprint density at radius 3 is 2.90 bits per heavy atom. The lowest BCUT2D eigenvalue weighted by atomic mass is 9.76. The molecule has 4 heteroatoms. The smallest absolute Gasteiger partial charge is 0.123 e. The third-order valence-corrected chi connectivity index (χ3v) is 4.74. The van der Waals surface area contributed by atoms with Crippen LogP contribution >= 0.6 is 0 Å². The summed E-state index contributed by atoms with van der Waals surface area (Å²) >= 11 is 0. The van der Waals surface area contributed by atoms with E-state index in [1.54, 1.807) is 12.1 Å². The van der Waals surface area contributed by atoms with Crippen LogP contribution in [0.1, 0.15) is 12.0 Å². The highest BCUT2D eigenvalue weighted by Crippen LogP contribution is 2.40. The van der Waals surface area contributed by atoms with Crippen molar-refractivity contribution in [1.29, 1.82) is 0 Å². The molecular formula is C17H22FNO2. The summed E-state index contributed by atoms with van der Waals surface area (Å²) in [5.74, 6) is 0.330. The predicted molar refractivity (Wildman–Crippen MR) is 80.3 cm³/mol. The van der Waals surface area contributed by atoms with Crippen LogP contribution in [0.25, 0.3) is 6.08 Å². The predicted octanol–water partition coefficient (Wildman–Crippen LogP) is 2.17. The van der Waals surface area contributed by atoms with E-state index in [0.29, 0.717) is 12.5 Å². The fourth-order valence-electron chi connectivity index (χ4n) is 3.48. The van der Waals surface area contributed by atoms with Crippen LogP contribution in [0.5, 0.6) is 0 Å². The molecular weight excluding hydrogens is 269 g/mol. The van der Waals surface area contributed by atoms with Gasteiger partial charge in [0.2, 0.25) is 0 Å². The van der Waals surface area contributed by atoms with Gasteiger partial charge >= 0.3 is 0 Å². The number of hydrogen-bond donors (Lipinski definition) is 1. The van der Waals surface area contributed by atoms with Crippen molar-refractivity contribution in [3.05, 3.63) is 41.7 Å². The van der Waals surface area contributed by atoms with Gasteiger partial charge in [-0.05, 0) is 30.0 Å². The largest absolute Gasteiger partial charge is 0.396 e. The topological polar surface area (TPSA) is 32.7 Å². The van der Waals surface area contributed by atoms with Crippen LogP contribution in [0.4, 0.5) is 4.39 Å². The number of aliphatic hydroxyl groups is 1. The van der Waals surface area contributed by atoms with Gasteiger partial charge in [0.15, 0.2) is 0 Å². The lowest BCUT2D eigenvalue weighted by Crippen LogP contribution is -2.42. The molecule has 1 aromatic rings. The van der Waals surface area contributed by atoms with E-state index in [1.165, 1.54) is 12.1 Å². The third kappa shape index (κ3) is 3.18. The van der Waals surface area contributed by atoms with Gasteiger partial charge in [0.25, 0.3) is 0 Å². The second-order valence-corrected chi connectivity index (χ2v) is 6.21. The second kappa shape index (κ2) is 6.26. The molecule has 3 rings (SSSR count).